The van der Waals surface area contributed by atoms with Gasteiger partial charge in [-0.15, -0.1) is 0 Å². The van der Waals surface area contributed by atoms with Crippen LogP contribution < -0.4 is 5.56 Å². The van der Waals surface area contributed by atoms with E-state index in [2.05, 4.69) is 9.39 Å². The molecule has 10 heavy (non-hydrogen) atoms. The van der Waals surface area contributed by atoms with Crippen LogP contribution in [0.15, 0.2) is 17.1 Å². The number of aryl methyl sites for hydroxylation is 1. The van der Waals surface area contributed by atoms with Crippen LogP contribution in [0.2, 0.25) is 0 Å². The molecular weight excluding hydrogens is 145 g/mol. The summed E-state index contributed by atoms with van der Waals surface area (Å²) in [7, 11) is 2.35. The zero-order chi connectivity index (χ0) is 7.72. The van der Waals surface area contributed by atoms with E-state index in [-0.39, 0.29) is 5.56 Å². The summed E-state index contributed by atoms with van der Waals surface area (Å²) in [6.07, 6.45) is 1.75. The van der Waals surface area contributed by atoms with Crippen LogP contribution in [-0.4, -0.2) is 4.34 Å². The van der Waals surface area contributed by atoms with Gasteiger partial charge in [0.2, 0.25) is 0 Å². The van der Waals surface area contributed by atoms with Crippen molar-refractivity contribution < 1.29 is 0 Å². The normalized spacial score (nSPS) is 9.90. The molecular formula is C7H10NOP. The van der Waals surface area contributed by atoms with E-state index >= 15 is 0 Å². The Bertz CT molecular complexity index is 303. The highest BCUT2D eigenvalue weighted by Gasteiger charge is 1.96. The first kappa shape index (κ1) is 7.49. The van der Waals surface area contributed by atoms with Crippen molar-refractivity contribution in [1.29, 1.82) is 0 Å². The number of aromatic nitrogens is 1. The van der Waals surface area contributed by atoms with E-state index in [4.69, 9.17) is 0 Å². The Balaban J connectivity index is 3.50. The van der Waals surface area contributed by atoms with E-state index < -0.39 is 0 Å². The van der Waals surface area contributed by atoms with Crippen molar-refractivity contribution in [3.63, 3.8) is 0 Å². The summed E-state index contributed by atoms with van der Waals surface area (Å²) in [6, 6.07) is 1.92. The number of pyridine rings is 1. The molecule has 0 amide bonds. The van der Waals surface area contributed by atoms with Gasteiger partial charge in [0.1, 0.15) is 0 Å². The third-order valence-corrected chi connectivity index (χ3v) is 2.04. The second-order valence-corrected chi connectivity index (χ2v) is 2.89. The minimum absolute atomic E-state index is 0.0602. The zero-order valence-corrected chi connectivity index (χ0v) is 7.24. The van der Waals surface area contributed by atoms with Gasteiger partial charge >= 0.3 is 0 Å². The third-order valence-electron chi connectivity index (χ3n) is 1.63. The van der Waals surface area contributed by atoms with E-state index in [9.17, 15) is 4.79 Å². The molecule has 0 saturated carbocycles. The van der Waals surface area contributed by atoms with Crippen LogP contribution >= 0.6 is 9.39 Å². The lowest BCUT2D eigenvalue weighted by molar-refractivity contribution is 1.08. The number of nitrogens with zero attached hydrogens (tertiary/aromatic N) is 1. The van der Waals surface area contributed by atoms with Gasteiger partial charge in [-0.2, -0.15) is 0 Å². The predicted octanol–water partition coefficient (Wildman–Crippen LogP) is 1.10. The lowest BCUT2D eigenvalue weighted by atomic mass is 10.2. The summed E-state index contributed by atoms with van der Waals surface area (Å²) >= 11 is 0. The van der Waals surface area contributed by atoms with E-state index in [1.807, 2.05) is 19.9 Å². The van der Waals surface area contributed by atoms with Crippen molar-refractivity contribution >= 4 is 9.39 Å². The highest BCUT2D eigenvalue weighted by atomic mass is 31.0. The first-order valence-electron chi connectivity index (χ1n) is 3.07. The Morgan fingerprint density at radius 2 is 2.10 bits per heavy atom. The van der Waals surface area contributed by atoms with Crippen LogP contribution in [0.4, 0.5) is 0 Å². The molecule has 1 rings (SSSR count). The lowest BCUT2D eigenvalue weighted by Gasteiger charge is -2.00. The van der Waals surface area contributed by atoms with Gasteiger partial charge in [0.15, 0.2) is 0 Å². The first-order chi connectivity index (χ1) is 4.63. The zero-order valence-electron chi connectivity index (χ0n) is 6.09. The van der Waals surface area contributed by atoms with Gasteiger partial charge in [0.05, 0.1) is 0 Å². The van der Waals surface area contributed by atoms with Crippen LogP contribution in [0.1, 0.15) is 11.1 Å². The predicted molar refractivity (Wildman–Crippen MR) is 45.3 cm³/mol. The Labute approximate surface area is 62.1 Å². The smallest absolute Gasteiger partial charge is 0.256 e. The summed E-state index contributed by atoms with van der Waals surface area (Å²) in [5, 5.41) is 0. The molecule has 1 aromatic heterocycles. The van der Waals surface area contributed by atoms with Crippen molar-refractivity contribution in [2.75, 3.05) is 0 Å². The molecule has 0 aromatic carbocycles. The van der Waals surface area contributed by atoms with Gasteiger partial charge in [0, 0.05) is 11.8 Å². The van der Waals surface area contributed by atoms with Crippen molar-refractivity contribution in [3.05, 3.63) is 33.7 Å². The summed E-state index contributed by atoms with van der Waals surface area (Å²) in [5.74, 6) is 0. The highest BCUT2D eigenvalue weighted by molar-refractivity contribution is 7.14. The maximum Gasteiger partial charge on any atom is 0.256 e. The second-order valence-electron chi connectivity index (χ2n) is 2.34. The molecule has 0 saturated heterocycles. The van der Waals surface area contributed by atoms with Crippen molar-refractivity contribution in [1.82, 2.24) is 4.34 Å². The molecule has 0 aliphatic rings. The van der Waals surface area contributed by atoms with E-state index in [0.29, 0.717) is 0 Å². The maximum absolute atomic E-state index is 11.1. The fourth-order valence-electron chi connectivity index (χ4n) is 0.747. The number of rotatable bonds is 0. The SMILES string of the molecule is Cc1ccn(P)c(=O)c1C. The van der Waals surface area contributed by atoms with Crippen LogP contribution in [0.5, 0.6) is 0 Å². The molecule has 0 radical (unpaired) electrons. The summed E-state index contributed by atoms with van der Waals surface area (Å²) in [4.78, 5) is 11.1. The fraction of sp³-hybridized carbons (Fsp3) is 0.286. The first-order valence-corrected chi connectivity index (χ1v) is 3.58. The molecule has 54 valence electrons. The standard InChI is InChI=1S/C7H10NOP/c1-5-3-4-8(10)7(9)6(5)2/h3-4H,10H2,1-2H3. The Morgan fingerprint density at radius 3 is 2.60 bits per heavy atom. The van der Waals surface area contributed by atoms with Crippen molar-refractivity contribution in [2.24, 2.45) is 0 Å². The minimum atomic E-state index is 0.0602. The molecule has 2 nitrogen and oxygen atoms in total. The monoisotopic (exact) mass is 155 g/mol. The number of hydrogen-bond acceptors (Lipinski definition) is 1. The van der Waals surface area contributed by atoms with Crippen LogP contribution in [0.3, 0.4) is 0 Å². The van der Waals surface area contributed by atoms with Gasteiger partial charge in [-0.3, -0.25) is 9.13 Å². The van der Waals surface area contributed by atoms with Gasteiger partial charge in [-0.1, -0.05) is 0 Å². The molecule has 0 aliphatic carbocycles. The Kier molecular flexibility index (Phi) is 1.91. The average Bonchev–Trinajstić information content (AvgIpc) is 1.93. The maximum atomic E-state index is 11.1. The number of hydrogen-bond donors (Lipinski definition) is 0. The summed E-state index contributed by atoms with van der Waals surface area (Å²) in [5.41, 5.74) is 1.92. The van der Waals surface area contributed by atoms with Gasteiger partial charge in [-0.25, -0.2) is 0 Å². The van der Waals surface area contributed by atoms with E-state index in [1.54, 1.807) is 6.20 Å². The molecule has 0 fully saturated rings. The van der Waals surface area contributed by atoms with Gasteiger partial charge in [-0.05, 0) is 34.9 Å². The van der Waals surface area contributed by atoms with E-state index in [0.717, 1.165) is 11.1 Å². The average molecular weight is 155 g/mol. The molecule has 1 atom stereocenters. The Morgan fingerprint density at radius 1 is 1.50 bits per heavy atom. The largest absolute Gasteiger partial charge is 0.300 e. The minimum Gasteiger partial charge on any atom is -0.300 e. The molecule has 0 bridgehead atoms. The third kappa shape index (κ3) is 1.12. The van der Waals surface area contributed by atoms with E-state index in [1.165, 1.54) is 4.34 Å². The molecule has 1 unspecified atom stereocenters. The topological polar surface area (TPSA) is 22.0 Å². The van der Waals surface area contributed by atoms with Crippen molar-refractivity contribution in [3.8, 4) is 0 Å². The van der Waals surface area contributed by atoms with Crippen LogP contribution in [0, 0.1) is 13.8 Å². The van der Waals surface area contributed by atoms with Crippen molar-refractivity contribution in [2.45, 2.75) is 13.8 Å². The second kappa shape index (κ2) is 2.55. The lowest BCUT2D eigenvalue weighted by Crippen LogP contribution is -2.15. The van der Waals surface area contributed by atoms with Gasteiger partial charge in [0.25, 0.3) is 5.56 Å². The molecule has 0 N–H and O–H groups in total. The van der Waals surface area contributed by atoms with Crippen LogP contribution in [0.25, 0.3) is 0 Å². The molecule has 3 heteroatoms. The molecule has 0 spiro atoms. The fourth-order valence-corrected chi connectivity index (χ4v) is 1.03. The molecule has 1 aromatic rings. The summed E-state index contributed by atoms with van der Waals surface area (Å²) in [6.45, 7) is 3.76. The summed E-state index contributed by atoms with van der Waals surface area (Å²) < 4.78 is 1.50. The molecule has 0 aliphatic heterocycles. The Hall–Kier alpha value is -0.620. The van der Waals surface area contributed by atoms with Gasteiger partial charge < -0.3 is 0 Å². The highest BCUT2D eigenvalue weighted by Crippen LogP contribution is 2.00. The molecule has 1 heterocycles. The quantitative estimate of drug-likeness (QED) is 0.514. The van der Waals surface area contributed by atoms with Crippen LogP contribution in [-0.2, 0) is 0 Å².